The third-order valence-electron chi connectivity index (χ3n) is 4.53. The lowest BCUT2D eigenvalue weighted by Gasteiger charge is -2.28. The second-order valence-electron chi connectivity index (χ2n) is 6.32. The molecule has 0 amide bonds. The Morgan fingerprint density at radius 2 is 1.83 bits per heavy atom. The molecule has 0 radical (unpaired) electrons. The number of morpholine rings is 1. The zero-order valence-electron chi connectivity index (χ0n) is 14.1. The van der Waals surface area contributed by atoms with Gasteiger partial charge in [-0.3, -0.25) is 0 Å². The molecule has 1 aromatic carbocycles. The number of hydrogen-bond acceptors (Lipinski definition) is 4. The highest BCUT2D eigenvalue weighted by molar-refractivity contribution is 5.94. The normalized spacial score (nSPS) is 15.0. The van der Waals surface area contributed by atoms with E-state index >= 15 is 0 Å². The predicted octanol–water partition coefficient (Wildman–Crippen LogP) is 3.13. The maximum absolute atomic E-state index is 5.46. The van der Waals surface area contributed by atoms with Gasteiger partial charge in [-0.25, -0.2) is 4.98 Å². The number of hydrogen-bond donors (Lipinski definition) is 1. The molecule has 1 aliphatic heterocycles. The van der Waals surface area contributed by atoms with Crippen LogP contribution in [0.15, 0.2) is 42.6 Å². The van der Waals surface area contributed by atoms with Gasteiger partial charge in [0.05, 0.1) is 18.7 Å². The van der Waals surface area contributed by atoms with Crippen LogP contribution in [-0.2, 0) is 4.74 Å². The Bertz CT molecular complexity index is 832. The number of fused-ring (bicyclic) bond motifs is 1. The third-order valence-corrected chi connectivity index (χ3v) is 4.53. The van der Waals surface area contributed by atoms with Crippen LogP contribution < -0.4 is 9.80 Å². The van der Waals surface area contributed by atoms with Gasteiger partial charge in [-0.1, -0.05) is 12.1 Å². The van der Waals surface area contributed by atoms with E-state index in [0.29, 0.717) is 0 Å². The van der Waals surface area contributed by atoms with Crippen molar-refractivity contribution in [2.45, 2.75) is 0 Å². The van der Waals surface area contributed by atoms with Crippen LogP contribution in [0.25, 0.3) is 22.2 Å². The van der Waals surface area contributed by atoms with E-state index in [1.807, 2.05) is 12.3 Å². The lowest BCUT2D eigenvalue weighted by molar-refractivity contribution is 0.122. The van der Waals surface area contributed by atoms with Gasteiger partial charge in [0.25, 0.3) is 0 Å². The van der Waals surface area contributed by atoms with E-state index < -0.39 is 0 Å². The molecule has 1 aliphatic rings. The molecule has 0 saturated carbocycles. The van der Waals surface area contributed by atoms with Crippen LogP contribution in [0.5, 0.6) is 0 Å². The third kappa shape index (κ3) is 2.71. The number of aromatic nitrogens is 2. The summed E-state index contributed by atoms with van der Waals surface area (Å²) in [7, 11) is 4.11. The molecule has 1 saturated heterocycles. The zero-order valence-corrected chi connectivity index (χ0v) is 14.1. The summed E-state index contributed by atoms with van der Waals surface area (Å²) in [6, 6.07) is 12.8. The van der Waals surface area contributed by atoms with Gasteiger partial charge in [0.2, 0.25) is 0 Å². The fourth-order valence-corrected chi connectivity index (χ4v) is 3.16. The van der Waals surface area contributed by atoms with Crippen LogP contribution >= 0.6 is 0 Å². The summed E-state index contributed by atoms with van der Waals surface area (Å²) in [5, 5.41) is 1.17. The van der Waals surface area contributed by atoms with Crippen LogP contribution in [-0.4, -0.2) is 50.4 Å². The standard InChI is InChI=1S/C19H22N4O/c1-22(2)15-5-3-14(4-6-15)18-13-16-17(21-18)7-8-20-19(16)23-9-11-24-12-10-23/h3-8,13,21H,9-12H2,1-2H3. The van der Waals surface area contributed by atoms with Crippen molar-refractivity contribution < 1.29 is 4.74 Å². The fraction of sp³-hybridized carbons (Fsp3) is 0.316. The molecule has 2 aromatic heterocycles. The number of benzene rings is 1. The molecule has 5 heteroatoms. The summed E-state index contributed by atoms with van der Waals surface area (Å²) in [6.45, 7) is 3.32. The van der Waals surface area contributed by atoms with Crippen molar-refractivity contribution >= 4 is 22.4 Å². The molecule has 4 rings (SSSR count). The Morgan fingerprint density at radius 1 is 1.08 bits per heavy atom. The first kappa shape index (κ1) is 15.0. The summed E-state index contributed by atoms with van der Waals surface area (Å²) in [5.41, 5.74) is 4.63. The monoisotopic (exact) mass is 322 g/mol. The minimum Gasteiger partial charge on any atom is -0.378 e. The Hall–Kier alpha value is -2.53. The molecule has 3 heterocycles. The van der Waals surface area contributed by atoms with E-state index in [-0.39, 0.29) is 0 Å². The lowest BCUT2D eigenvalue weighted by atomic mass is 10.1. The second-order valence-corrected chi connectivity index (χ2v) is 6.32. The van der Waals surface area contributed by atoms with Crippen LogP contribution in [0.4, 0.5) is 11.5 Å². The minimum absolute atomic E-state index is 0.765. The molecule has 1 fully saturated rings. The average molecular weight is 322 g/mol. The lowest BCUT2D eigenvalue weighted by Crippen LogP contribution is -2.36. The van der Waals surface area contributed by atoms with Gasteiger partial charge in [-0.2, -0.15) is 0 Å². The highest BCUT2D eigenvalue weighted by Gasteiger charge is 2.16. The van der Waals surface area contributed by atoms with Gasteiger partial charge in [-0.15, -0.1) is 0 Å². The second kappa shape index (κ2) is 6.17. The molecular formula is C19H22N4O. The number of nitrogens with one attached hydrogen (secondary N) is 1. The molecular weight excluding hydrogens is 300 g/mol. The van der Waals surface area contributed by atoms with Crippen LogP contribution in [0.2, 0.25) is 0 Å². The van der Waals surface area contributed by atoms with Gasteiger partial charge in [0.15, 0.2) is 0 Å². The van der Waals surface area contributed by atoms with Crippen molar-refractivity contribution in [2.24, 2.45) is 0 Å². The van der Waals surface area contributed by atoms with E-state index in [1.165, 1.54) is 16.6 Å². The topological polar surface area (TPSA) is 44.4 Å². The number of pyridine rings is 1. The van der Waals surface area contributed by atoms with Gasteiger partial charge in [-0.05, 0) is 29.8 Å². The van der Waals surface area contributed by atoms with Gasteiger partial charge >= 0.3 is 0 Å². The van der Waals surface area contributed by atoms with Crippen molar-refractivity contribution in [3.8, 4) is 11.3 Å². The molecule has 24 heavy (non-hydrogen) atoms. The van der Waals surface area contributed by atoms with E-state index in [0.717, 1.165) is 43.3 Å². The SMILES string of the molecule is CN(C)c1ccc(-c2cc3c(N4CCOCC4)nccc3[nH]2)cc1. The van der Waals surface area contributed by atoms with Gasteiger partial charge in [0.1, 0.15) is 5.82 Å². The van der Waals surface area contributed by atoms with Crippen LogP contribution in [0.3, 0.4) is 0 Å². The first-order valence-electron chi connectivity index (χ1n) is 8.30. The molecule has 3 aromatic rings. The Balaban J connectivity index is 1.72. The molecule has 124 valence electrons. The Kier molecular flexibility index (Phi) is 3.86. The summed E-state index contributed by atoms with van der Waals surface area (Å²) in [5.74, 6) is 1.04. The number of rotatable bonds is 3. The molecule has 0 aliphatic carbocycles. The summed E-state index contributed by atoms with van der Waals surface area (Å²) in [6.07, 6.45) is 1.88. The summed E-state index contributed by atoms with van der Waals surface area (Å²) >= 11 is 0. The summed E-state index contributed by atoms with van der Waals surface area (Å²) in [4.78, 5) is 12.6. The number of anilines is 2. The largest absolute Gasteiger partial charge is 0.378 e. The average Bonchev–Trinajstić information content (AvgIpc) is 3.06. The highest BCUT2D eigenvalue weighted by atomic mass is 16.5. The quantitative estimate of drug-likeness (QED) is 0.804. The highest BCUT2D eigenvalue weighted by Crippen LogP contribution is 2.30. The Morgan fingerprint density at radius 3 is 2.54 bits per heavy atom. The fourth-order valence-electron chi connectivity index (χ4n) is 3.16. The van der Waals surface area contributed by atoms with E-state index in [1.54, 1.807) is 0 Å². The van der Waals surface area contributed by atoms with E-state index in [2.05, 4.69) is 64.2 Å². The zero-order chi connectivity index (χ0) is 16.5. The molecule has 0 unspecified atom stereocenters. The van der Waals surface area contributed by atoms with Crippen molar-refractivity contribution in [3.05, 3.63) is 42.6 Å². The number of aromatic amines is 1. The van der Waals surface area contributed by atoms with Crippen molar-refractivity contribution in [1.29, 1.82) is 0 Å². The van der Waals surface area contributed by atoms with Crippen molar-refractivity contribution in [2.75, 3.05) is 50.2 Å². The maximum atomic E-state index is 5.46. The number of H-pyrrole nitrogens is 1. The molecule has 0 spiro atoms. The predicted molar refractivity (Wildman–Crippen MR) is 98.9 cm³/mol. The summed E-state index contributed by atoms with van der Waals surface area (Å²) < 4.78 is 5.46. The number of ether oxygens (including phenoxy) is 1. The Labute approximate surface area is 141 Å². The molecule has 0 atom stereocenters. The van der Waals surface area contributed by atoms with Crippen molar-refractivity contribution in [1.82, 2.24) is 9.97 Å². The first-order chi connectivity index (χ1) is 11.7. The number of nitrogens with zero attached hydrogens (tertiary/aromatic N) is 3. The molecule has 0 bridgehead atoms. The molecule has 1 N–H and O–H groups in total. The first-order valence-corrected chi connectivity index (χ1v) is 8.30. The smallest absolute Gasteiger partial charge is 0.138 e. The van der Waals surface area contributed by atoms with Gasteiger partial charge < -0.3 is 19.5 Å². The maximum Gasteiger partial charge on any atom is 0.138 e. The minimum atomic E-state index is 0.765. The van der Waals surface area contributed by atoms with Gasteiger partial charge in [0, 0.05) is 50.1 Å². The van der Waals surface area contributed by atoms with E-state index in [9.17, 15) is 0 Å². The molecule has 5 nitrogen and oxygen atoms in total. The van der Waals surface area contributed by atoms with Crippen LogP contribution in [0, 0.1) is 0 Å². The van der Waals surface area contributed by atoms with E-state index in [4.69, 9.17) is 4.74 Å². The van der Waals surface area contributed by atoms with Crippen LogP contribution in [0.1, 0.15) is 0 Å². The van der Waals surface area contributed by atoms with Crippen molar-refractivity contribution in [3.63, 3.8) is 0 Å².